The molecule has 0 aliphatic heterocycles. The molecule has 15 nitrogen and oxygen atoms in total. The molecular weight excluding hydrogens is 490 g/mol. The van der Waals surface area contributed by atoms with Gasteiger partial charge in [0, 0.05) is 19.4 Å². The van der Waals surface area contributed by atoms with Gasteiger partial charge in [0.2, 0.25) is 17.7 Å². The van der Waals surface area contributed by atoms with Crippen LogP contribution in [0.5, 0.6) is 5.75 Å². The van der Waals surface area contributed by atoms with Gasteiger partial charge in [-0.2, -0.15) is 0 Å². The number of hydrogen-bond acceptors (Lipinski definition) is 8. The number of carbonyl (C=O) groups excluding carboxylic acids is 3. The lowest BCUT2D eigenvalue weighted by molar-refractivity contribution is -0.138. The molecule has 0 radical (unpaired) electrons. The summed E-state index contributed by atoms with van der Waals surface area (Å²) in [7, 11) is 0. The Morgan fingerprint density at radius 3 is 2.05 bits per heavy atom. The highest BCUT2D eigenvalue weighted by Crippen LogP contribution is 2.12. The summed E-state index contributed by atoms with van der Waals surface area (Å²) in [5.41, 5.74) is 16.9. The summed E-state index contributed by atoms with van der Waals surface area (Å²) >= 11 is 0. The van der Waals surface area contributed by atoms with Gasteiger partial charge in [-0.15, -0.1) is 0 Å². The number of aliphatic imine (C=N–C) groups is 1. The van der Waals surface area contributed by atoms with Crippen LogP contribution in [0.2, 0.25) is 0 Å². The number of phenolic OH excluding ortho intramolecular Hbond substituents is 1. The van der Waals surface area contributed by atoms with Gasteiger partial charge in [-0.25, -0.2) is 0 Å². The summed E-state index contributed by atoms with van der Waals surface area (Å²) in [6.07, 6.45) is -0.294. The van der Waals surface area contributed by atoms with Crippen molar-refractivity contribution in [2.75, 3.05) is 13.1 Å². The van der Waals surface area contributed by atoms with Gasteiger partial charge >= 0.3 is 11.9 Å². The smallest absolute Gasteiger partial charge is 0.322 e. The molecule has 0 aromatic heterocycles. The molecule has 1 aromatic rings. The number of carboxylic acids is 2. The van der Waals surface area contributed by atoms with Crippen LogP contribution in [-0.2, 0) is 30.4 Å². The summed E-state index contributed by atoms with van der Waals surface area (Å²) in [6, 6.07) is 2.09. The van der Waals surface area contributed by atoms with Gasteiger partial charge in [-0.3, -0.25) is 29.0 Å². The van der Waals surface area contributed by atoms with Gasteiger partial charge in [-0.1, -0.05) is 12.1 Å². The molecule has 3 atom stereocenters. The molecule has 1 aromatic carbocycles. The fourth-order valence-electron chi connectivity index (χ4n) is 3.10. The Morgan fingerprint density at radius 1 is 0.865 bits per heavy atom. The average molecular weight is 524 g/mol. The number of aromatic hydroxyl groups is 1. The highest BCUT2D eigenvalue weighted by molar-refractivity contribution is 5.94. The van der Waals surface area contributed by atoms with Crippen LogP contribution < -0.4 is 33.2 Å². The Bertz CT molecular complexity index is 980. The molecule has 12 N–H and O–H groups in total. The number of guanidine groups is 1. The van der Waals surface area contributed by atoms with E-state index in [4.69, 9.17) is 27.4 Å². The number of nitrogens with two attached hydrogens (primary N) is 3. The van der Waals surface area contributed by atoms with Gasteiger partial charge in [0.05, 0.1) is 6.04 Å². The van der Waals surface area contributed by atoms with Gasteiger partial charge in [-0.05, 0) is 37.0 Å². The maximum Gasteiger partial charge on any atom is 0.322 e. The first-order valence-electron chi connectivity index (χ1n) is 11.3. The number of benzene rings is 1. The van der Waals surface area contributed by atoms with Gasteiger partial charge in [0.25, 0.3) is 0 Å². The fourth-order valence-corrected chi connectivity index (χ4v) is 3.10. The zero-order chi connectivity index (χ0) is 28.0. The SMILES string of the molecule is NC(N)=NCCCC(N)C(=O)NC(CCC(=O)O)C(=O)NC(Cc1ccc(O)cc1)C(=O)NCC(=O)O. The first kappa shape index (κ1) is 30.6. The largest absolute Gasteiger partial charge is 0.508 e. The molecule has 0 saturated heterocycles. The molecule has 0 saturated carbocycles. The van der Waals surface area contributed by atoms with Crippen molar-refractivity contribution in [3.63, 3.8) is 0 Å². The summed E-state index contributed by atoms with van der Waals surface area (Å²) in [5.74, 6) is -5.05. The summed E-state index contributed by atoms with van der Waals surface area (Å²) < 4.78 is 0. The highest BCUT2D eigenvalue weighted by atomic mass is 16.4. The molecule has 37 heavy (non-hydrogen) atoms. The second kappa shape index (κ2) is 15.6. The predicted octanol–water partition coefficient (Wildman–Crippen LogP) is -2.65. The lowest BCUT2D eigenvalue weighted by Crippen LogP contribution is -2.56. The summed E-state index contributed by atoms with van der Waals surface area (Å²) in [4.78, 5) is 63.8. The lowest BCUT2D eigenvalue weighted by Gasteiger charge is -2.24. The predicted molar refractivity (Wildman–Crippen MR) is 131 cm³/mol. The molecule has 15 heteroatoms. The standard InChI is InChI=1S/C22H33N7O8/c23-14(2-1-9-26-22(24)25)19(35)28-15(7-8-17(31)32)21(37)29-16(20(36)27-11-18(33)34)10-12-3-5-13(30)6-4-12/h3-6,14-16,30H,1-2,7-11,23H2,(H,27,36)(H,28,35)(H,29,37)(H,31,32)(H,33,34)(H4,24,25,26). The van der Waals surface area contributed by atoms with Gasteiger partial charge in [0.1, 0.15) is 24.4 Å². The van der Waals surface area contributed by atoms with E-state index in [1.165, 1.54) is 24.3 Å². The first-order chi connectivity index (χ1) is 17.4. The van der Waals surface area contributed by atoms with E-state index in [1.807, 2.05) is 0 Å². The second-order valence-corrected chi connectivity index (χ2v) is 8.09. The molecule has 3 amide bonds. The number of carboxylic acid groups (broad SMARTS) is 2. The number of aliphatic carboxylic acids is 2. The Labute approximate surface area is 212 Å². The van der Waals surface area contributed by atoms with Crippen molar-refractivity contribution in [2.24, 2.45) is 22.2 Å². The van der Waals surface area contributed by atoms with E-state index >= 15 is 0 Å². The molecule has 1 rings (SSSR count). The first-order valence-corrected chi connectivity index (χ1v) is 11.3. The van der Waals surface area contributed by atoms with Crippen LogP contribution in [0.15, 0.2) is 29.3 Å². The average Bonchev–Trinajstić information content (AvgIpc) is 2.83. The van der Waals surface area contributed by atoms with Crippen LogP contribution in [0.4, 0.5) is 0 Å². The number of amides is 3. The van der Waals surface area contributed by atoms with E-state index in [0.29, 0.717) is 12.0 Å². The third-order valence-corrected chi connectivity index (χ3v) is 5.01. The number of nitrogens with zero attached hydrogens (tertiary/aromatic N) is 1. The van der Waals surface area contributed by atoms with E-state index in [9.17, 15) is 29.1 Å². The fraction of sp³-hybridized carbons (Fsp3) is 0.455. The van der Waals surface area contributed by atoms with Crippen molar-refractivity contribution in [2.45, 2.75) is 50.2 Å². The Balaban J connectivity index is 2.97. The van der Waals surface area contributed by atoms with E-state index in [1.54, 1.807) is 0 Å². The highest BCUT2D eigenvalue weighted by Gasteiger charge is 2.29. The Kier molecular flexibility index (Phi) is 12.9. The second-order valence-electron chi connectivity index (χ2n) is 8.09. The number of carbonyl (C=O) groups is 5. The lowest BCUT2D eigenvalue weighted by atomic mass is 10.0. The maximum atomic E-state index is 13.0. The molecule has 204 valence electrons. The Hall–Kier alpha value is -4.40. The number of hydrogen-bond donors (Lipinski definition) is 9. The third kappa shape index (κ3) is 12.7. The normalized spacial score (nSPS) is 12.9. The molecule has 0 spiro atoms. The van der Waals surface area contributed by atoms with Crippen molar-refractivity contribution >= 4 is 35.6 Å². The molecule has 0 fully saturated rings. The topological polar surface area (TPSA) is 273 Å². The number of phenols is 1. The summed E-state index contributed by atoms with van der Waals surface area (Å²) in [5, 5.41) is 34.4. The van der Waals surface area contributed by atoms with Crippen LogP contribution in [0.1, 0.15) is 31.2 Å². The van der Waals surface area contributed by atoms with Crippen molar-refractivity contribution in [3.8, 4) is 5.75 Å². The molecular formula is C22H33N7O8. The Morgan fingerprint density at radius 2 is 1.49 bits per heavy atom. The van der Waals surface area contributed by atoms with Crippen molar-refractivity contribution in [3.05, 3.63) is 29.8 Å². The van der Waals surface area contributed by atoms with Crippen LogP contribution in [0.25, 0.3) is 0 Å². The zero-order valence-corrected chi connectivity index (χ0v) is 20.1. The maximum absolute atomic E-state index is 13.0. The van der Waals surface area contributed by atoms with Crippen molar-refractivity contribution in [1.82, 2.24) is 16.0 Å². The van der Waals surface area contributed by atoms with E-state index < -0.39 is 60.8 Å². The molecule has 0 aliphatic rings. The number of nitrogens with one attached hydrogen (secondary N) is 3. The monoisotopic (exact) mass is 523 g/mol. The van der Waals surface area contributed by atoms with E-state index in [0.717, 1.165) is 0 Å². The minimum Gasteiger partial charge on any atom is -0.508 e. The van der Waals surface area contributed by atoms with Gasteiger partial charge < -0.3 is 48.5 Å². The van der Waals surface area contributed by atoms with Crippen LogP contribution >= 0.6 is 0 Å². The van der Waals surface area contributed by atoms with E-state index in [-0.39, 0.29) is 37.5 Å². The van der Waals surface area contributed by atoms with Crippen LogP contribution in [0.3, 0.4) is 0 Å². The van der Waals surface area contributed by atoms with Crippen LogP contribution in [-0.4, -0.2) is 82.2 Å². The van der Waals surface area contributed by atoms with Crippen LogP contribution in [0, 0.1) is 0 Å². The zero-order valence-electron chi connectivity index (χ0n) is 20.1. The molecule has 0 bridgehead atoms. The van der Waals surface area contributed by atoms with E-state index in [2.05, 4.69) is 20.9 Å². The molecule has 0 aliphatic carbocycles. The third-order valence-electron chi connectivity index (χ3n) is 5.01. The van der Waals surface area contributed by atoms with Gasteiger partial charge in [0.15, 0.2) is 5.96 Å². The minimum atomic E-state index is -1.35. The van der Waals surface area contributed by atoms with Crippen molar-refractivity contribution in [1.29, 1.82) is 0 Å². The van der Waals surface area contributed by atoms with Crippen molar-refractivity contribution < 1.29 is 39.3 Å². The molecule has 0 heterocycles. The minimum absolute atomic E-state index is 0.0225. The number of rotatable bonds is 16. The molecule has 3 unspecified atom stereocenters. The summed E-state index contributed by atoms with van der Waals surface area (Å²) in [6.45, 7) is -0.467. The quantitative estimate of drug-likeness (QED) is 0.0613.